The molecule has 1 aliphatic carbocycles. The van der Waals surface area contributed by atoms with E-state index in [1.807, 2.05) is 36.4 Å². The molecule has 0 aliphatic heterocycles. The van der Waals surface area contributed by atoms with Crippen LogP contribution < -0.4 is 14.8 Å². The van der Waals surface area contributed by atoms with Crippen LogP contribution in [-0.2, 0) is 10.0 Å². The fourth-order valence-electron chi connectivity index (χ4n) is 4.06. The average molecular weight is 475 g/mol. The summed E-state index contributed by atoms with van der Waals surface area (Å²) in [6, 6.07) is 11.7. The Kier molecular flexibility index (Phi) is 6.83. The fraction of sp³-hybridized carbons (Fsp3) is 0.391. The number of hydrogen-bond donors (Lipinski definition) is 2. The van der Waals surface area contributed by atoms with E-state index >= 15 is 0 Å². The molecule has 32 heavy (non-hydrogen) atoms. The van der Waals surface area contributed by atoms with Gasteiger partial charge in [0.15, 0.2) is 0 Å². The summed E-state index contributed by atoms with van der Waals surface area (Å²) in [4.78, 5) is 9.18. The number of halogens is 1. The number of rotatable bonds is 7. The van der Waals surface area contributed by atoms with Gasteiger partial charge in [0.25, 0.3) is 0 Å². The summed E-state index contributed by atoms with van der Waals surface area (Å²) in [5.41, 5.74) is 2.56. The molecule has 0 bridgehead atoms. The van der Waals surface area contributed by atoms with Crippen LogP contribution in [0.2, 0.25) is 5.02 Å². The molecule has 1 saturated carbocycles. The van der Waals surface area contributed by atoms with Gasteiger partial charge in [-0.15, -0.1) is 0 Å². The molecule has 0 atom stereocenters. The van der Waals surface area contributed by atoms with Gasteiger partial charge >= 0.3 is 0 Å². The highest BCUT2D eigenvalue weighted by molar-refractivity contribution is 7.89. The van der Waals surface area contributed by atoms with E-state index in [4.69, 9.17) is 16.3 Å². The van der Waals surface area contributed by atoms with E-state index in [0.717, 1.165) is 47.7 Å². The van der Waals surface area contributed by atoms with Gasteiger partial charge in [-0.3, -0.25) is 0 Å². The van der Waals surface area contributed by atoms with Gasteiger partial charge in [0, 0.05) is 45.9 Å². The SMILES string of the molecule is CCS(=O)(=O)NC1CCC(Nc2ncc3cc(-c4ccccc4Cl)c(OC)cc3n2)CC1. The van der Waals surface area contributed by atoms with Gasteiger partial charge in [-0.2, -0.15) is 0 Å². The van der Waals surface area contributed by atoms with Crippen molar-refractivity contribution in [2.24, 2.45) is 0 Å². The Balaban J connectivity index is 1.50. The maximum Gasteiger partial charge on any atom is 0.223 e. The molecule has 170 valence electrons. The summed E-state index contributed by atoms with van der Waals surface area (Å²) < 4.78 is 32.0. The first-order valence-electron chi connectivity index (χ1n) is 10.7. The van der Waals surface area contributed by atoms with Crippen LogP contribution in [0.15, 0.2) is 42.6 Å². The molecule has 0 spiro atoms. The minimum atomic E-state index is -3.17. The second-order valence-corrected chi connectivity index (χ2v) is 10.4. The molecule has 7 nitrogen and oxygen atoms in total. The van der Waals surface area contributed by atoms with Gasteiger partial charge in [0.2, 0.25) is 16.0 Å². The molecule has 2 N–H and O–H groups in total. The summed E-state index contributed by atoms with van der Waals surface area (Å²) in [5.74, 6) is 1.36. The minimum absolute atomic E-state index is 0.00279. The van der Waals surface area contributed by atoms with Gasteiger partial charge in [-0.25, -0.2) is 23.1 Å². The van der Waals surface area contributed by atoms with Crippen LogP contribution in [0, 0.1) is 0 Å². The van der Waals surface area contributed by atoms with E-state index in [2.05, 4.69) is 20.0 Å². The van der Waals surface area contributed by atoms with Crippen LogP contribution in [0.4, 0.5) is 5.95 Å². The Morgan fingerprint density at radius 2 is 1.81 bits per heavy atom. The van der Waals surface area contributed by atoms with Crippen molar-refractivity contribution in [1.29, 1.82) is 0 Å². The van der Waals surface area contributed by atoms with E-state index in [1.165, 1.54) is 0 Å². The molecule has 1 fully saturated rings. The lowest BCUT2D eigenvalue weighted by Crippen LogP contribution is -2.40. The number of hydrogen-bond acceptors (Lipinski definition) is 6. The van der Waals surface area contributed by atoms with Crippen molar-refractivity contribution >= 4 is 38.5 Å². The van der Waals surface area contributed by atoms with E-state index in [9.17, 15) is 8.42 Å². The lowest BCUT2D eigenvalue weighted by molar-refractivity contribution is 0.386. The maximum absolute atomic E-state index is 11.8. The van der Waals surface area contributed by atoms with E-state index in [0.29, 0.717) is 16.7 Å². The number of nitrogens with zero attached hydrogens (tertiary/aromatic N) is 2. The van der Waals surface area contributed by atoms with Crippen molar-refractivity contribution in [2.75, 3.05) is 18.2 Å². The van der Waals surface area contributed by atoms with Crippen molar-refractivity contribution < 1.29 is 13.2 Å². The van der Waals surface area contributed by atoms with Crippen LogP contribution in [0.5, 0.6) is 5.75 Å². The van der Waals surface area contributed by atoms with E-state index in [-0.39, 0.29) is 17.8 Å². The Hall–Kier alpha value is -2.42. The number of ether oxygens (including phenoxy) is 1. The van der Waals surface area contributed by atoms with Crippen LogP contribution in [0.25, 0.3) is 22.0 Å². The highest BCUT2D eigenvalue weighted by Crippen LogP contribution is 2.37. The molecule has 4 rings (SSSR count). The van der Waals surface area contributed by atoms with Gasteiger partial charge in [0.1, 0.15) is 5.75 Å². The fourth-order valence-corrected chi connectivity index (χ4v) is 5.21. The second-order valence-electron chi connectivity index (χ2n) is 8.00. The summed E-state index contributed by atoms with van der Waals surface area (Å²) in [7, 11) is -1.54. The molecule has 2 aromatic carbocycles. The summed E-state index contributed by atoms with van der Waals surface area (Å²) in [5, 5.41) is 4.95. The summed E-state index contributed by atoms with van der Waals surface area (Å²) in [6.45, 7) is 1.65. The van der Waals surface area contributed by atoms with Crippen LogP contribution in [-0.4, -0.2) is 43.3 Å². The first-order chi connectivity index (χ1) is 15.4. The molecule has 0 saturated heterocycles. The Morgan fingerprint density at radius 1 is 1.09 bits per heavy atom. The van der Waals surface area contributed by atoms with Crippen LogP contribution in [0.1, 0.15) is 32.6 Å². The molecule has 0 unspecified atom stereocenters. The normalized spacial score (nSPS) is 19.1. The first kappa shape index (κ1) is 22.8. The molecule has 0 radical (unpaired) electrons. The van der Waals surface area contributed by atoms with Crippen molar-refractivity contribution in [2.45, 2.75) is 44.7 Å². The highest BCUT2D eigenvalue weighted by Gasteiger charge is 2.24. The number of aromatic nitrogens is 2. The number of methoxy groups -OCH3 is 1. The monoisotopic (exact) mass is 474 g/mol. The van der Waals surface area contributed by atoms with Gasteiger partial charge in [0.05, 0.1) is 18.4 Å². The van der Waals surface area contributed by atoms with Crippen molar-refractivity contribution in [3.63, 3.8) is 0 Å². The van der Waals surface area contributed by atoms with Crippen molar-refractivity contribution in [3.05, 3.63) is 47.6 Å². The van der Waals surface area contributed by atoms with Crippen LogP contribution >= 0.6 is 11.6 Å². The number of benzene rings is 2. The number of sulfonamides is 1. The Bertz CT molecular complexity index is 1210. The number of nitrogens with one attached hydrogen (secondary N) is 2. The third kappa shape index (κ3) is 5.14. The second kappa shape index (κ2) is 9.60. The lowest BCUT2D eigenvalue weighted by Gasteiger charge is -2.29. The molecule has 3 aromatic rings. The summed E-state index contributed by atoms with van der Waals surface area (Å²) in [6.07, 6.45) is 5.09. The van der Waals surface area contributed by atoms with Gasteiger partial charge in [-0.1, -0.05) is 29.8 Å². The Morgan fingerprint density at radius 3 is 2.50 bits per heavy atom. The number of anilines is 1. The van der Waals surface area contributed by atoms with E-state index < -0.39 is 10.0 Å². The zero-order valence-corrected chi connectivity index (χ0v) is 19.7. The van der Waals surface area contributed by atoms with Gasteiger partial charge < -0.3 is 10.1 Å². The molecule has 1 aliphatic rings. The number of fused-ring (bicyclic) bond motifs is 1. The smallest absolute Gasteiger partial charge is 0.223 e. The topological polar surface area (TPSA) is 93.2 Å². The third-order valence-electron chi connectivity index (χ3n) is 5.85. The maximum atomic E-state index is 11.8. The quantitative estimate of drug-likeness (QED) is 0.519. The largest absolute Gasteiger partial charge is 0.496 e. The zero-order chi connectivity index (χ0) is 22.7. The minimum Gasteiger partial charge on any atom is -0.496 e. The van der Waals surface area contributed by atoms with Crippen molar-refractivity contribution in [1.82, 2.24) is 14.7 Å². The zero-order valence-electron chi connectivity index (χ0n) is 18.1. The third-order valence-corrected chi connectivity index (χ3v) is 7.63. The standard InChI is InChI=1S/C23H27ClN4O3S/c1-3-32(29,30)28-17-10-8-16(9-11-17)26-23-25-14-15-12-19(18-6-4-5-7-20(18)24)22(31-2)13-21(15)27-23/h4-7,12-14,16-17,28H,3,8-11H2,1-2H3,(H,25,26,27). The predicted molar refractivity (Wildman–Crippen MR) is 129 cm³/mol. The highest BCUT2D eigenvalue weighted by atomic mass is 35.5. The lowest BCUT2D eigenvalue weighted by atomic mass is 9.92. The molecular formula is C23H27ClN4O3S. The molecule has 1 aromatic heterocycles. The molecular weight excluding hydrogens is 448 g/mol. The molecule has 1 heterocycles. The Labute approximate surface area is 193 Å². The molecule has 0 amide bonds. The van der Waals surface area contributed by atoms with Gasteiger partial charge in [-0.05, 0) is 44.7 Å². The molecule has 9 heteroatoms. The van der Waals surface area contributed by atoms with Crippen LogP contribution in [0.3, 0.4) is 0 Å². The van der Waals surface area contributed by atoms with Crippen molar-refractivity contribution in [3.8, 4) is 16.9 Å². The summed E-state index contributed by atoms with van der Waals surface area (Å²) >= 11 is 6.39. The first-order valence-corrected chi connectivity index (χ1v) is 12.8. The van der Waals surface area contributed by atoms with E-state index in [1.54, 1.807) is 20.2 Å². The predicted octanol–water partition coefficient (Wildman–Crippen LogP) is 4.62. The average Bonchev–Trinajstić information content (AvgIpc) is 2.79.